The van der Waals surface area contributed by atoms with Gasteiger partial charge in [0.05, 0.1) is 29.9 Å². The molecule has 18 heavy (non-hydrogen) atoms. The van der Waals surface area contributed by atoms with E-state index in [1.165, 1.54) is 0 Å². The molecular formula is C12H13BrN2O3. The number of anilines is 1. The number of hydrogen-bond donors (Lipinski definition) is 1. The fourth-order valence-corrected chi connectivity index (χ4v) is 2.13. The number of hydrogen-bond acceptors (Lipinski definition) is 5. The van der Waals surface area contributed by atoms with Crippen molar-refractivity contribution >= 4 is 21.8 Å². The molecule has 0 atom stereocenters. The Hall–Kier alpha value is -1.69. The van der Waals surface area contributed by atoms with Crippen LogP contribution in [0.5, 0.6) is 11.5 Å². The molecule has 1 heterocycles. The van der Waals surface area contributed by atoms with Crippen molar-refractivity contribution < 1.29 is 14.0 Å². The fraction of sp³-hybridized carbons (Fsp3) is 0.250. The minimum Gasteiger partial charge on any atom is -0.495 e. The van der Waals surface area contributed by atoms with E-state index < -0.39 is 0 Å². The van der Waals surface area contributed by atoms with E-state index in [4.69, 9.17) is 19.7 Å². The van der Waals surface area contributed by atoms with E-state index in [0.29, 0.717) is 23.7 Å². The van der Waals surface area contributed by atoms with Crippen LogP contribution in [0.3, 0.4) is 0 Å². The summed E-state index contributed by atoms with van der Waals surface area (Å²) >= 11 is 3.43. The quantitative estimate of drug-likeness (QED) is 0.939. The first-order valence-corrected chi connectivity index (χ1v) is 6.17. The summed E-state index contributed by atoms with van der Waals surface area (Å²) in [7, 11) is 1.60. The third kappa shape index (κ3) is 2.28. The second-order valence-electron chi connectivity index (χ2n) is 3.52. The van der Waals surface area contributed by atoms with E-state index in [1.807, 2.05) is 13.0 Å². The molecular weight excluding hydrogens is 300 g/mol. The van der Waals surface area contributed by atoms with Crippen LogP contribution in [0.25, 0.3) is 11.1 Å². The van der Waals surface area contributed by atoms with Crippen LogP contribution in [0.4, 0.5) is 5.88 Å². The minimum absolute atomic E-state index is 0.257. The predicted molar refractivity (Wildman–Crippen MR) is 71.8 cm³/mol. The summed E-state index contributed by atoms with van der Waals surface area (Å²) < 4.78 is 16.5. The number of ether oxygens (including phenoxy) is 2. The molecule has 0 aliphatic heterocycles. The molecule has 0 fully saturated rings. The first-order valence-electron chi connectivity index (χ1n) is 5.38. The van der Waals surface area contributed by atoms with Gasteiger partial charge in [0.25, 0.3) is 0 Å². The number of halogens is 1. The zero-order chi connectivity index (χ0) is 13.1. The molecule has 0 bridgehead atoms. The molecule has 0 amide bonds. The third-order valence-electron chi connectivity index (χ3n) is 2.44. The first-order chi connectivity index (χ1) is 8.67. The molecule has 0 unspecified atom stereocenters. The van der Waals surface area contributed by atoms with Crippen molar-refractivity contribution in [3.05, 3.63) is 22.8 Å². The Kier molecular flexibility index (Phi) is 3.76. The lowest BCUT2D eigenvalue weighted by Gasteiger charge is -2.12. The zero-order valence-corrected chi connectivity index (χ0v) is 11.7. The highest BCUT2D eigenvalue weighted by molar-refractivity contribution is 9.10. The highest BCUT2D eigenvalue weighted by Crippen LogP contribution is 2.40. The van der Waals surface area contributed by atoms with Crippen LogP contribution in [0.15, 0.2) is 27.3 Å². The standard InChI is InChI=1S/C12H13BrN2O3/c1-3-17-10-5-11(16-2)9(13)4-7(10)8-6-15-18-12(8)14/h4-6H,3,14H2,1-2H3. The van der Waals surface area contributed by atoms with Crippen LogP contribution in [-0.4, -0.2) is 18.9 Å². The molecule has 2 rings (SSSR count). The molecule has 0 aliphatic carbocycles. The summed E-state index contributed by atoms with van der Waals surface area (Å²) in [6, 6.07) is 3.67. The molecule has 0 spiro atoms. The number of nitrogen functional groups attached to an aromatic ring is 1. The summed E-state index contributed by atoms with van der Waals surface area (Å²) in [5, 5.41) is 3.67. The highest BCUT2D eigenvalue weighted by Gasteiger charge is 2.16. The van der Waals surface area contributed by atoms with E-state index in [9.17, 15) is 0 Å². The Balaban J connectivity index is 2.58. The lowest BCUT2D eigenvalue weighted by molar-refractivity contribution is 0.337. The second kappa shape index (κ2) is 5.30. The molecule has 6 heteroatoms. The van der Waals surface area contributed by atoms with Gasteiger partial charge in [-0.3, -0.25) is 0 Å². The van der Waals surface area contributed by atoms with Crippen molar-refractivity contribution in [2.75, 3.05) is 19.5 Å². The van der Waals surface area contributed by atoms with Crippen molar-refractivity contribution in [1.29, 1.82) is 0 Å². The zero-order valence-electron chi connectivity index (χ0n) is 10.1. The number of methoxy groups -OCH3 is 1. The van der Waals surface area contributed by atoms with Crippen LogP contribution in [-0.2, 0) is 0 Å². The normalized spacial score (nSPS) is 10.4. The van der Waals surface area contributed by atoms with E-state index in [-0.39, 0.29) is 5.88 Å². The van der Waals surface area contributed by atoms with Gasteiger partial charge in [0, 0.05) is 11.6 Å². The summed E-state index contributed by atoms with van der Waals surface area (Å²) in [5.74, 6) is 1.62. The molecule has 5 nitrogen and oxygen atoms in total. The Morgan fingerprint density at radius 2 is 2.11 bits per heavy atom. The van der Waals surface area contributed by atoms with Crippen LogP contribution in [0, 0.1) is 0 Å². The Bertz CT molecular complexity index is 554. The molecule has 96 valence electrons. The van der Waals surface area contributed by atoms with Crippen LogP contribution in [0.1, 0.15) is 6.92 Å². The molecule has 0 aliphatic rings. The lowest BCUT2D eigenvalue weighted by Crippen LogP contribution is -1.97. The minimum atomic E-state index is 0.257. The molecule has 0 saturated heterocycles. The smallest absolute Gasteiger partial charge is 0.230 e. The van der Waals surface area contributed by atoms with Gasteiger partial charge in [-0.2, -0.15) is 0 Å². The van der Waals surface area contributed by atoms with Crippen molar-refractivity contribution in [2.24, 2.45) is 0 Å². The van der Waals surface area contributed by atoms with Crippen molar-refractivity contribution in [1.82, 2.24) is 5.16 Å². The summed E-state index contributed by atoms with van der Waals surface area (Å²) in [6.45, 7) is 2.46. The molecule has 2 N–H and O–H groups in total. The van der Waals surface area contributed by atoms with Crippen molar-refractivity contribution in [3.63, 3.8) is 0 Å². The van der Waals surface area contributed by atoms with Gasteiger partial charge in [-0.05, 0) is 28.9 Å². The van der Waals surface area contributed by atoms with Gasteiger partial charge in [-0.1, -0.05) is 5.16 Å². The third-order valence-corrected chi connectivity index (χ3v) is 3.06. The van der Waals surface area contributed by atoms with E-state index in [2.05, 4.69) is 21.1 Å². The van der Waals surface area contributed by atoms with Crippen molar-refractivity contribution in [3.8, 4) is 22.6 Å². The maximum Gasteiger partial charge on any atom is 0.230 e. The Morgan fingerprint density at radius 1 is 1.33 bits per heavy atom. The Labute approximate surface area is 113 Å². The Morgan fingerprint density at radius 3 is 2.67 bits per heavy atom. The van der Waals surface area contributed by atoms with Gasteiger partial charge in [0.15, 0.2) is 0 Å². The van der Waals surface area contributed by atoms with Crippen LogP contribution >= 0.6 is 15.9 Å². The number of rotatable bonds is 4. The lowest BCUT2D eigenvalue weighted by atomic mass is 10.1. The van der Waals surface area contributed by atoms with Crippen molar-refractivity contribution in [2.45, 2.75) is 6.92 Å². The SMILES string of the molecule is CCOc1cc(OC)c(Br)cc1-c1cnoc1N. The van der Waals surface area contributed by atoms with Gasteiger partial charge < -0.3 is 19.7 Å². The highest BCUT2D eigenvalue weighted by atomic mass is 79.9. The number of benzene rings is 1. The molecule has 0 saturated carbocycles. The number of aromatic nitrogens is 1. The number of nitrogens with zero attached hydrogens (tertiary/aromatic N) is 1. The maximum absolute atomic E-state index is 5.73. The number of nitrogens with two attached hydrogens (primary N) is 1. The van der Waals surface area contributed by atoms with Gasteiger partial charge in [-0.15, -0.1) is 0 Å². The maximum atomic E-state index is 5.73. The molecule has 0 radical (unpaired) electrons. The first kappa shape index (κ1) is 12.8. The molecule has 1 aromatic carbocycles. The summed E-state index contributed by atoms with van der Waals surface area (Å²) in [5.41, 5.74) is 7.23. The monoisotopic (exact) mass is 312 g/mol. The molecule has 2 aromatic rings. The van der Waals surface area contributed by atoms with E-state index >= 15 is 0 Å². The van der Waals surface area contributed by atoms with Crippen LogP contribution < -0.4 is 15.2 Å². The average molecular weight is 313 g/mol. The van der Waals surface area contributed by atoms with Gasteiger partial charge in [-0.25, -0.2) is 0 Å². The van der Waals surface area contributed by atoms with E-state index in [1.54, 1.807) is 19.4 Å². The van der Waals surface area contributed by atoms with E-state index in [0.717, 1.165) is 10.0 Å². The topological polar surface area (TPSA) is 70.5 Å². The van der Waals surface area contributed by atoms with Gasteiger partial charge in [0.2, 0.25) is 5.88 Å². The molecule has 1 aromatic heterocycles. The predicted octanol–water partition coefficient (Wildman–Crippen LogP) is 3.09. The summed E-state index contributed by atoms with van der Waals surface area (Å²) in [4.78, 5) is 0. The van der Waals surface area contributed by atoms with Crippen LogP contribution in [0.2, 0.25) is 0 Å². The average Bonchev–Trinajstić information content (AvgIpc) is 2.77. The summed E-state index contributed by atoms with van der Waals surface area (Å²) in [6.07, 6.45) is 1.56. The van der Waals surface area contributed by atoms with Gasteiger partial charge in [0.1, 0.15) is 11.5 Å². The fourth-order valence-electron chi connectivity index (χ4n) is 1.63. The van der Waals surface area contributed by atoms with Gasteiger partial charge >= 0.3 is 0 Å². The second-order valence-corrected chi connectivity index (χ2v) is 4.37. The largest absolute Gasteiger partial charge is 0.495 e.